The monoisotopic (exact) mass is 550 g/mol. The summed E-state index contributed by atoms with van der Waals surface area (Å²) in [5.74, 6) is -2.72. The van der Waals surface area contributed by atoms with Gasteiger partial charge in [0, 0.05) is 48.7 Å². The maximum Gasteiger partial charge on any atom is 0.416 e. The summed E-state index contributed by atoms with van der Waals surface area (Å²) in [6.07, 6.45) is -2.91. The van der Waals surface area contributed by atoms with Gasteiger partial charge >= 0.3 is 12.2 Å². The lowest BCUT2D eigenvalue weighted by Gasteiger charge is -2.25. The van der Waals surface area contributed by atoms with Gasteiger partial charge < -0.3 is 20.8 Å². The molecule has 39 heavy (non-hydrogen) atoms. The minimum absolute atomic E-state index is 0.104. The first-order valence-corrected chi connectivity index (χ1v) is 11.5. The molecular formula is C24H23F5N8O2. The minimum atomic E-state index is -4.66. The van der Waals surface area contributed by atoms with Crippen LogP contribution in [0, 0.1) is 17.0 Å². The van der Waals surface area contributed by atoms with Crippen molar-refractivity contribution in [3.63, 3.8) is 0 Å². The number of ether oxygens (including phenoxy) is 1. The number of anilines is 2. The molecule has 0 spiro atoms. The zero-order valence-electron chi connectivity index (χ0n) is 20.2. The normalized spacial score (nSPS) is 14.5. The first-order chi connectivity index (χ1) is 18.5. The summed E-state index contributed by atoms with van der Waals surface area (Å²) in [5.41, 5.74) is 4.35. The molecular weight excluding hydrogens is 527 g/mol. The van der Waals surface area contributed by atoms with Gasteiger partial charge in [-0.3, -0.25) is 15.6 Å². The Hall–Kier alpha value is -4.37. The Kier molecular flexibility index (Phi) is 8.21. The largest absolute Gasteiger partial charge is 0.416 e. The summed E-state index contributed by atoms with van der Waals surface area (Å²) in [6.45, 7) is 2.88. The molecule has 1 fully saturated rings. The predicted molar refractivity (Wildman–Crippen MR) is 134 cm³/mol. The van der Waals surface area contributed by atoms with Gasteiger partial charge in [0.2, 0.25) is 0 Å². The number of carbonyl (C=O) groups excluding carboxylic acids is 1. The number of alkyl halides is 3. The fourth-order valence-electron chi connectivity index (χ4n) is 3.93. The highest BCUT2D eigenvalue weighted by Crippen LogP contribution is 2.33. The molecule has 0 unspecified atom stereocenters. The van der Waals surface area contributed by atoms with Gasteiger partial charge in [-0.25, -0.2) is 23.6 Å². The second-order valence-corrected chi connectivity index (χ2v) is 8.42. The van der Waals surface area contributed by atoms with E-state index < -0.39 is 40.9 Å². The number of benzene rings is 1. The van der Waals surface area contributed by atoms with E-state index in [1.807, 2.05) is 0 Å². The third kappa shape index (κ3) is 6.74. The van der Waals surface area contributed by atoms with E-state index in [0.717, 1.165) is 30.7 Å². The van der Waals surface area contributed by atoms with E-state index in [0.29, 0.717) is 44.6 Å². The Morgan fingerprint density at radius 1 is 1.15 bits per heavy atom. The molecule has 2 aromatic heterocycles. The van der Waals surface area contributed by atoms with Crippen molar-refractivity contribution in [3.05, 3.63) is 65.1 Å². The summed E-state index contributed by atoms with van der Waals surface area (Å²) in [7, 11) is 0. The van der Waals surface area contributed by atoms with Crippen LogP contribution in [0.25, 0.3) is 11.1 Å². The van der Waals surface area contributed by atoms with E-state index in [9.17, 15) is 22.4 Å². The summed E-state index contributed by atoms with van der Waals surface area (Å²) in [6, 6.07) is 3.30. The third-order valence-corrected chi connectivity index (χ3v) is 5.74. The first-order valence-electron chi connectivity index (χ1n) is 11.5. The molecule has 6 N–H and O–H groups in total. The Bertz CT molecular complexity index is 1400. The van der Waals surface area contributed by atoms with Crippen LogP contribution in [0.3, 0.4) is 0 Å². The molecule has 2 amide bonds. The molecule has 3 aromatic rings. The van der Waals surface area contributed by atoms with Gasteiger partial charge in [-0.15, -0.1) is 0 Å². The van der Waals surface area contributed by atoms with E-state index in [1.165, 1.54) is 0 Å². The van der Waals surface area contributed by atoms with Gasteiger partial charge in [0.25, 0.3) is 0 Å². The molecule has 10 nitrogen and oxygen atoms in total. The number of aromatic nitrogens is 2. The highest BCUT2D eigenvalue weighted by molar-refractivity contribution is 6.04. The van der Waals surface area contributed by atoms with Crippen molar-refractivity contribution in [2.24, 2.45) is 10.7 Å². The molecule has 3 heterocycles. The van der Waals surface area contributed by atoms with E-state index in [-0.39, 0.29) is 22.7 Å². The van der Waals surface area contributed by atoms with Crippen molar-refractivity contribution < 1.29 is 31.5 Å². The Labute approximate surface area is 218 Å². The lowest BCUT2D eigenvalue weighted by atomic mass is 10.0. The van der Waals surface area contributed by atoms with E-state index in [1.54, 1.807) is 6.07 Å². The maximum atomic E-state index is 15.2. The third-order valence-electron chi connectivity index (χ3n) is 5.74. The maximum absolute atomic E-state index is 15.2. The van der Waals surface area contributed by atoms with Gasteiger partial charge in [0.15, 0.2) is 5.84 Å². The van der Waals surface area contributed by atoms with Crippen LogP contribution in [0.5, 0.6) is 0 Å². The molecule has 0 bridgehead atoms. The zero-order valence-corrected chi connectivity index (χ0v) is 20.2. The number of aromatic amines is 1. The van der Waals surface area contributed by atoms with Gasteiger partial charge in [-0.2, -0.15) is 13.2 Å². The molecule has 1 aliphatic rings. The highest BCUT2D eigenvalue weighted by Gasteiger charge is 2.31. The molecule has 1 aliphatic heterocycles. The van der Waals surface area contributed by atoms with Crippen molar-refractivity contribution in [2.45, 2.75) is 12.7 Å². The standard InChI is InChI=1S/C24H23F5N8O2/c25-17-10-19(35-23(38)36-20-7-13(1-2-32-20)24(27,28)29)18(26)9-15(17)16-8-14(11-37-3-5-39-6-4-37)34-21(16)22(31)33-12-30/h1-2,7-10,12,34H,3-6,11H2,(H3,30,31,33)(H2,32,35,36,38). The number of amides is 2. The fourth-order valence-corrected chi connectivity index (χ4v) is 3.93. The van der Waals surface area contributed by atoms with Crippen LogP contribution >= 0.6 is 0 Å². The average Bonchev–Trinajstić information content (AvgIpc) is 3.30. The SMILES string of the molecule is N=C(N=CN)c1[nH]c(CN2CCOCC2)cc1-c1cc(F)c(NC(=O)Nc2cc(C(F)(F)F)ccn2)cc1F. The number of amidine groups is 1. The molecule has 1 saturated heterocycles. The number of aliphatic imine (C=N–C) groups is 1. The summed E-state index contributed by atoms with van der Waals surface area (Å²) in [4.78, 5) is 24.7. The Morgan fingerprint density at radius 2 is 1.90 bits per heavy atom. The molecule has 0 aliphatic carbocycles. The summed E-state index contributed by atoms with van der Waals surface area (Å²) >= 11 is 0. The lowest BCUT2D eigenvalue weighted by Crippen LogP contribution is -2.35. The molecule has 0 radical (unpaired) electrons. The Balaban J connectivity index is 1.57. The number of hydrogen-bond donors (Lipinski definition) is 5. The van der Waals surface area contributed by atoms with Gasteiger partial charge in [0.1, 0.15) is 17.5 Å². The second-order valence-electron chi connectivity index (χ2n) is 8.42. The zero-order chi connectivity index (χ0) is 28.2. The predicted octanol–water partition coefficient (Wildman–Crippen LogP) is 4.16. The van der Waals surface area contributed by atoms with Crippen LogP contribution in [0.4, 0.5) is 38.3 Å². The van der Waals surface area contributed by atoms with Crippen LogP contribution < -0.4 is 16.4 Å². The second kappa shape index (κ2) is 11.6. The molecule has 4 rings (SSSR count). The first kappa shape index (κ1) is 27.7. The fraction of sp³-hybridized carbons (Fsp3) is 0.250. The summed E-state index contributed by atoms with van der Waals surface area (Å²) in [5, 5.41) is 12.3. The minimum Gasteiger partial charge on any atom is -0.390 e. The van der Waals surface area contributed by atoms with Gasteiger partial charge in [-0.05, 0) is 24.3 Å². The molecule has 0 atom stereocenters. The van der Waals surface area contributed by atoms with Crippen molar-refractivity contribution in [3.8, 4) is 11.1 Å². The van der Waals surface area contributed by atoms with Crippen molar-refractivity contribution in [1.82, 2.24) is 14.9 Å². The number of pyridine rings is 1. The quantitative estimate of drug-likeness (QED) is 0.178. The van der Waals surface area contributed by atoms with E-state index in [4.69, 9.17) is 15.9 Å². The number of nitrogens with zero attached hydrogens (tertiary/aromatic N) is 3. The number of rotatable bonds is 6. The van der Waals surface area contributed by atoms with Crippen LogP contribution in [-0.2, 0) is 17.5 Å². The van der Waals surface area contributed by atoms with Crippen LogP contribution in [0.1, 0.15) is 17.0 Å². The van der Waals surface area contributed by atoms with Gasteiger partial charge in [0.05, 0.1) is 36.5 Å². The smallest absolute Gasteiger partial charge is 0.390 e. The number of morpholine rings is 1. The van der Waals surface area contributed by atoms with Crippen LogP contribution in [-0.4, -0.2) is 59.4 Å². The molecule has 206 valence electrons. The van der Waals surface area contributed by atoms with Crippen molar-refractivity contribution in [2.75, 3.05) is 36.9 Å². The van der Waals surface area contributed by atoms with Crippen LogP contribution in [0.15, 0.2) is 41.5 Å². The lowest BCUT2D eigenvalue weighted by molar-refractivity contribution is -0.137. The number of hydrogen-bond acceptors (Lipinski definition) is 5. The van der Waals surface area contributed by atoms with E-state index in [2.05, 4.69) is 30.5 Å². The number of H-pyrrole nitrogens is 1. The average molecular weight is 550 g/mol. The molecule has 1 aromatic carbocycles. The van der Waals surface area contributed by atoms with Crippen LogP contribution in [0.2, 0.25) is 0 Å². The number of urea groups is 1. The highest BCUT2D eigenvalue weighted by atomic mass is 19.4. The number of carbonyl (C=O) groups is 1. The topological polar surface area (TPSA) is 145 Å². The number of halogens is 5. The molecule has 15 heteroatoms. The number of nitrogens with two attached hydrogens (primary N) is 1. The molecule has 0 saturated carbocycles. The van der Waals surface area contributed by atoms with Crippen molar-refractivity contribution >= 4 is 29.7 Å². The van der Waals surface area contributed by atoms with E-state index >= 15 is 4.39 Å². The Morgan fingerprint density at radius 3 is 2.59 bits per heavy atom. The number of nitrogens with one attached hydrogen (secondary N) is 4. The van der Waals surface area contributed by atoms with Crippen molar-refractivity contribution in [1.29, 1.82) is 5.41 Å². The summed E-state index contributed by atoms with van der Waals surface area (Å²) < 4.78 is 74.2. The van der Waals surface area contributed by atoms with Gasteiger partial charge in [-0.1, -0.05) is 0 Å².